The summed E-state index contributed by atoms with van der Waals surface area (Å²) in [5, 5.41) is 5.85. The van der Waals surface area contributed by atoms with Gasteiger partial charge in [0.05, 0.1) is 11.7 Å². The number of amidine groups is 1. The quantitative estimate of drug-likeness (QED) is 0.406. The van der Waals surface area contributed by atoms with Gasteiger partial charge in [0.2, 0.25) is 0 Å². The molecule has 170 valence electrons. The van der Waals surface area contributed by atoms with Gasteiger partial charge in [0.1, 0.15) is 11.9 Å². The number of carbonyl (C=O) groups is 2. The van der Waals surface area contributed by atoms with Crippen LogP contribution in [-0.4, -0.2) is 40.3 Å². The van der Waals surface area contributed by atoms with Gasteiger partial charge < -0.3 is 14.8 Å². The second-order valence-corrected chi connectivity index (χ2v) is 8.93. The van der Waals surface area contributed by atoms with Crippen molar-refractivity contribution in [3.63, 3.8) is 0 Å². The number of nitrogens with one attached hydrogen (secondary N) is 1. The Bertz CT molecular complexity index is 1080. The molecule has 0 saturated heterocycles. The molecule has 1 aliphatic heterocycles. The fraction of sp³-hybridized carbons (Fsp3) is 0.333. The highest BCUT2D eigenvalue weighted by Gasteiger charge is 2.35. The maximum Gasteiger partial charge on any atom is 0.347 e. The number of rotatable bonds is 7. The van der Waals surface area contributed by atoms with Gasteiger partial charge in [-0.15, -0.1) is 11.3 Å². The van der Waals surface area contributed by atoms with Gasteiger partial charge in [-0.2, -0.15) is 0 Å². The minimum absolute atomic E-state index is 0.102. The van der Waals surface area contributed by atoms with E-state index in [9.17, 15) is 14.0 Å². The lowest BCUT2D eigenvalue weighted by Gasteiger charge is -2.27. The van der Waals surface area contributed by atoms with Gasteiger partial charge in [-0.05, 0) is 32.9 Å². The molecule has 11 heteroatoms. The summed E-state index contributed by atoms with van der Waals surface area (Å²) in [6, 6.07) is 2.95. The van der Waals surface area contributed by atoms with Crippen molar-refractivity contribution in [1.29, 1.82) is 0 Å². The standard InChI is InChI=1S/C21H20BrClFN3O4S/c1-10(2)30-20(28)11(3)31-21(29)16-15(9-22)26-18(19-25-6-7-32-19)27-17(16)13-5-4-12(24)8-14(13)23/h4-8,10-11,17H,9H2,1-3H3,(H,26,27)/t11-,17-/m1/s1. The third-order valence-corrected chi connectivity index (χ3v) is 6.01. The Kier molecular flexibility index (Phi) is 8.02. The second-order valence-electron chi connectivity index (χ2n) is 7.07. The van der Waals surface area contributed by atoms with Gasteiger partial charge in [-0.3, -0.25) is 4.99 Å². The Balaban J connectivity index is 2.02. The number of nitrogens with zero attached hydrogens (tertiary/aromatic N) is 2. The number of carbonyl (C=O) groups excluding carboxylic acids is 2. The molecule has 3 rings (SSSR count). The highest BCUT2D eigenvalue weighted by Crippen LogP contribution is 2.37. The molecule has 1 N–H and O–H groups in total. The Labute approximate surface area is 201 Å². The number of hydrogen-bond donors (Lipinski definition) is 1. The van der Waals surface area contributed by atoms with Crippen LogP contribution in [-0.2, 0) is 19.1 Å². The van der Waals surface area contributed by atoms with Crippen LogP contribution in [0.4, 0.5) is 4.39 Å². The van der Waals surface area contributed by atoms with Gasteiger partial charge in [0.15, 0.2) is 16.9 Å². The summed E-state index contributed by atoms with van der Waals surface area (Å²) in [6.45, 7) is 4.83. The van der Waals surface area contributed by atoms with E-state index in [1.54, 1.807) is 25.4 Å². The molecule has 1 aliphatic rings. The number of alkyl halides is 1. The second kappa shape index (κ2) is 10.5. The fourth-order valence-electron chi connectivity index (χ4n) is 2.94. The minimum Gasteiger partial charge on any atom is -0.460 e. The Morgan fingerprint density at radius 2 is 2.06 bits per heavy atom. The zero-order chi connectivity index (χ0) is 23.4. The third kappa shape index (κ3) is 5.54. The number of aromatic nitrogens is 1. The number of ether oxygens (including phenoxy) is 2. The average Bonchev–Trinajstić information content (AvgIpc) is 3.27. The van der Waals surface area contributed by atoms with E-state index < -0.39 is 29.9 Å². The lowest BCUT2D eigenvalue weighted by Crippen LogP contribution is -2.36. The van der Waals surface area contributed by atoms with Crippen LogP contribution in [0, 0.1) is 5.82 Å². The van der Waals surface area contributed by atoms with E-state index in [0.717, 1.165) is 6.07 Å². The van der Waals surface area contributed by atoms with Crippen LogP contribution >= 0.6 is 38.9 Å². The summed E-state index contributed by atoms with van der Waals surface area (Å²) in [5.74, 6) is -1.52. The molecule has 0 unspecified atom stereocenters. The smallest absolute Gasteiger partial charge is 0.347 e. The highest BCUT2D eigenvalue weighted by atomic mass is 79.9. The van der Waals surface area contributed by atoms with E-state index in [4.69, 9.17) is 21.1 Å². The SMILES string of the molecule is CC(C)OC(=O)[C@@H](C)OC(=O)C1=C(CBr)NC(c2nccs2)=N[C@@H]1c1ccc(F)cc1Cl. The minimum atomic E-state index is -1.14. The molecule has 0 saturated carbocycles. The molecule has 0 bridgehead atoms. The van der Waals surface area contributed by atoms with Crippen molar-refractivity contribution in [2.75, 3.05) is 5.33 Å². The zero-order valence-corrected chi connectivity index (χ0v) is 20.6. The predicted molar refractivity (Wildman–Crippen MR) is 124 cm³/mol. The van der Waals surface area contributed by atoms with Gasteiger partial charge >= 0.3 is 11.9 Å². The van der Waals surface area contributed by atoms with Crippen molar-refractivity contribution in [1.82, 2.24) is 10.3 Å². The van der Waals surface area contributed by atoms with Crippen LogP contribution in [0.5, 0.6) is 0 Å². The first-order chi connectivity index (χ1) is 15.2. The first-order valence-electron chi connectivity index (χ1n) is 9.61. The monoisotopic (exact) mass is 543 g/mol. The normalized spacial score (nSPS) is 17.0. The molecular weight excluding hydrogens is 525 g/mol. The van der Waals surface area contributed by atoms with E-state index in [-0.39, 0.29) is 22.0 Å². The number of hydrogen-bond acceptors (Lipinski definition) is 8. The van der Waals surface area contributed by atoms with Crippen LogP contribution in [0.25, 0.3) is 0 Å². The van der Waals surface area contributed by atoms with Crippen LogP contribution in [0.15, 0.2) is 46.0 Å². The first kappa shape index (κ1) is 24.3. The summed E-state index contributed by atoms with van der Waals surface area (Å²) in [7, 11) is 0. The van der Waals surface area contributed by atoms with Crippen LogP contribution < -0.4 is 5.32 Å². The van der Waals surface area contributed by atoms with Crippen molar-refractivity contribution in [3.05, 3.63) is 62.5 Å². The molecule has 0 amide bonds. The molecule has 1 aromatic heterocycles. The van der Waals surface area contributed by atoms with Crippen molar-refractivity contribution >= 4 is 56.6 Å². The summed E-state index contributed by atoms with van der Waals surface area (Å²) in [4.78, 5) is 34.2. The van der Waals surface area contributed by atoms with Crippen LogP contribution in [0.2, 0.25) is 5.02 Å². The number of allylic oxidation sites excluding steroid dienone is 1. The number of halogens is 3. The topological polar surface area (TPSA) is 89.9 Å². The zero-order valence-electron chi connectivity index (χ0n) is 17.4. The van der Waals surface area contributed by atoms with E-state index in [1.165, 1.54) is 30.4 Å². The summed E-state index contributed by atoms with van der Waals surface area (Å²) >= 11 is 11.1. The van der Waals surface area contributed by atoms with Crippen molar-refractivity contribution in [2.24, 2.45) is 4.99 Å². The van der Waals surface area contributed by atoms with Crippen molar-refractivity contribution in [3.8, 4) is 0 Å². The van der Waals surface area contributed by atoms with Crippen LogP contribution in [0.1, 0.15) is 37.4 Å². The summed E-state index contributed by atoms with van der Waals surface area (Å²) in [5.41, 5.74) is 1.01. The van der Waals surface area contributed by atoms with Crippen molar-refractivity contribution < 1.29 is 23.5 Å². The Hall–Kier alpha value is -2.30. The Morgan fingerprint density at radius 3 is 2.66 bits per heavy atom. The number of benzene rings is 1. The molecule has 0 radical (unpaired) electrons. The van der Waals surface area contributed by atoms with Gasteiger partial charge in [0.25, 0.3) is 0 Å². The summed E-state index contributed by atoms with van der Waals surface area (Å²) in [6.07, 6.45) is 0.143. The third-order valence-electron chi connectivity index (χ3n) is 4.34. The molecule has 2 heterocycles. The Morgan fingerprint density at radius 1 is 1.31 bits per heavy atom. The van der Waals surface area contributed by atoms with Gasteiger partial charge in [-0.1, -0.05) is 33.6 Å². The largest absolute Gasteiger partial charge is 0.460 e. The van der Waals surface area contributed by atoms with Gasteiger partial charge in [0, 0.05) is 33.2 Å². The fourth-order valence-corrected chi connectivity index (χ4v) is 4.24. The van der Waals surface area contributed by atoms with Crippen LogP contribution in [0.3, 0.4) is 0 Å². The van der Waals surface area contributed by atoms with Gasteiger partial charge in [-0.25, -0.2) is 19.0 Å². The maximum atomic E-state index is 13.7. The van der Waals surface area contributed by atoms with E-state index in [2.05, 4.69) is 31.2 Å². The highest BCUT2D eigenvalue weighted by molar-refractivity contribution is 9.09. The van der Waals surface area contributed by atoms with Crippen molar-refractivity contribution in [2.45, 2.75) is 39.0 Å². The predicted octanol–water partition coefficient (Wildman–Crippen LogP) is 4.56. The molecule has 32 heavy (non-hydrogen) atoms. The first-order valence-corrected chi connectivity index (χ1v) is 12.0. The van der Waals surface area contributed by atoms with E-state index in [1.807, 2.05) is 0 Å². The molecular formula is C21H20BrClFN3O4S. The maximum absolute atomic E-state index is 13.7. The molecule has 0 fully saturated rings. The molecule has 2 atom stereocenters. The molecule has 0 aliphatic carbocycles. The lowest BCUT2D eigenvalue weighted by molar-refractivity contribution is -0.167. The average molecular weight is 545 g/mol. The van der Waals surface area contributed by atoms with E-state index >= 15 is 0 Å². The molecule has 2 aromatic rings. The van der Waals surface area contributed by atoms with E-state index in [0.29, 0.717) is 22.1 Å². The lowest BCUT2D eigenvalue weighted by atomic mass is 9.96. The number of esters is 2. The summed E-state index contributed by atoms with van der Waals surface area (Å²) < 4.78 is 24.2. The molecule has 1 aromatic carbocycles. The number of thiazole rings is 1. The molecule has 7 nitrogen and oxygen atoms in total. The number of aliphatic imine (C=N–C) groups is 1. The molecule has 0 spiro atoms.